The highest BCUT2D eigenvalue weighted by Gasteiger charge is 2.22. The number of piperidine rings is 1. The van der Waals surface area contributed by atoms with Gasteiger partial charge >= 0.3 is 0 Å². The summed E-state index contributed by atoms with van der Waals surface area (Å²) in [5.41, 5.74) is 5.49. The molecule has 0 atom stereocenters. The van der Waals surface area contributed by atoms with Crippen LogP contribution in [0.1, 0.15) is 56.1 Å². The number of amides is 1. The first-order valence-electron chi connectivity index (χ1n) is 12.2. The third-order valence-electron chi connectivity index (χ3n) is 6.47. The van der Waals surface area contributed by atoms with Gasteiger partial charge in [-0.2, -0.15) is 0 Å². The second-order valence-electron chi connectivity index (χ2n) is 10.0. The smallest absolute Gasteiger partial charge is 0.278 e. The van der Waals surface area contributed by atoms with E-state index in [-0.39, 0.29) is 11.3 Å². The maximum Gasteiger partial charge on any atom is 0.278 e. The lowest BCUT2D eigenvalue weighted by molar-refractivity contribution is 0.102. The number of imidazole rings is 1. The quantitative estimate of drug-likeness (QED) is 0.328. The summed E-state index contributed by atoms with van der Waals surface area (Å²) in [7, 11) is 0. The van der Waals surface area contributed by atoms with E-state index in [2.05, 4.69) is 89.5 Å². The number of anilines is 2. The van der Waals surface area contributed by atoms with E-state index in [9.17, 15) is 4.79 Å². The second-order valence-corrected chi connectivity index (χ2v) is 10.9. The maximum atomic E-state index is 13.2. The number of carbonyl (C=O) groups excluding carboxylic acids is 1. The van der Waals surface area contributed by atoms with Crippen molar-refractivity contribution in [3.63, 3.8) is 0 Å². The summed E-state index contributed by atoms with van der Waals surface area (Å²) in [5.74, 6) is 0.397. The molecule has 180 valence electrons. The van der Waals surface area contributed by atoms with Gasteiger partial charge in [0, 0.05) is 41.5 Å². The molecule has 0 saturated carbocycles. The standard InChI is InChI=1S/C28H31N5OS/c1-28(2,3)21-11-7-20(8-12-21)25-30-23(24(31-25)26(34)32-27-29-15-18-35-27)19-9-13-22(14-10-19)33-16-5-4-6-17-33/h7-15,18H,4-6,16-17H2,1-3H3,(H,30,31)(H,29,32,34). The minimum Gasteiger partial charge on any atom is -0.372 e. The molecular weight excluding hydrogens is 454 g/mol. The van der Waals surface area contributed by atoms with Crippen molar-refractivity contribution in [3.05, 3.63) is 71.4 Å². The first-order valence-corrected chi connectivity index (χ1v) is 13.0. The van der Waals surface area contributed by atoms with Gasteiger partial charge in [-0.15, -0.1) is 11.3 Å². The lowest BCUT2D eigenvalue weighted by atomic mass is 9.87. The monoisotopic (exact) mass is 485 g/mol. The molecule has 3 heterocycles. The van der Waals surface area contributed by atoms with E-state index in [1.54, 1.807) is 6.20 Å². The Balaban J connectivity index is 1.49. The van der Waals surface area contributed by atoms with E-state index >= 15 is 0 Å². The Hall–Kier alpha value is -3.45. The molecule has 1 amide bonds. The number of aromatic amines is 1. The predicted molar refractivity (Wildman–Crippen MR) is 144 cm³/mol. The Morgan fingerprint density at radius 1 is 0.971 bits per heavy atom. The number of benzene rings is 2. The van der Waals surface area contributed by atoms with Crippen LogP contribution in [0.5, 0.6) is 0 Å². The summed E-state index contributed by atoms with van der Waals surface area (Å²) in [6.45, 7) is 8.78. The summed E-state index contributed by atoms with van der Waals surface area (Å²) >= 11 is 1.39. The molecule has 2 aromatic heterocycles. The van der Waals surface area contributed by atoms with Gasteiger partial charge in [-0.1, -0.05) is 57.2 Å². The van der Waals surface area contributed by atoms with Gasteiger partial charge < -0.3 is 9.88 Å². The summed E-state index contributed by atoms with van der Waals surface area (Å²) < 4.78 is 0. The highest BCUT2D eigenvalue weighted by atomic mass is 32.1. The molecule has 0 aliphatic carbocycles. The van der Waals surface area contributed by atoms with Gasteiger partial charge in [0.2, 0.25) is 0 Å². The molecule has 1 fully saturated rings. The van der Waals surface area contributed by atoms with Crippen molar-refractivity contribution in [1.29, 1.82) is 0 Å². The Morgan fingerprint density at radius 2 is 1.66 bits per heavy atom. The Bertz CT molecular complexity index is 1280. The Labute approximate surface area is 210 Å². The zero-order chi connectivity index (χ0) is 24.4. The molecule has 6 nitrogen and oxygen atoms in total. The Morgan fingerprint density at radius 3 is 2.29 bits per heavy atom. The van der Waals surface area contributed by atoms with Crippen molar-refractivity contribution >= 4 is 28.1 Å². The van der Waals surface area contributed by atoms with Crippen LogP contribution in [-0.2, 0) is 5.41 Å². The fraction of sp³-hybridized carbons (Fsp3) is 0.321. The summed E-state index contributed by atoms with van der Waals surface area (Å²) in [5, 5.41) is 5.27. The van der Waals surface area contributed by atoms with Crippen molar-refractivity contribution in [2.24, 2.45) is 0 Å². The fourth-order valence-electron chi connectivity index (χ4n) is 4.44. The summed E-state index contributed by atoms with van der Waals surface area (Å²) in [6, 6.07) is 16.8. The second kappa shape index (κ2) is 9.66. The van der Waals surface area contributed by atoms with Crippen LogP contribution in [-0.4, -0.2) is 33.9 Å². The van der Waals surface area contributed by atoms with Crippen LogP contribution in [0.3, 0.4) is 0 Å². The van der Waals surface area contributed by atoms with Gasteiger partial charge in [0.25, 0.3) is 5.91 Å². The normalized spacial score (nSPS) is 14.2. The molecule has 4 aromatic rings. The molecule has 7 heteroatoms. The molecular formula is C28H31N5OS. The minimum absolute atomic E-state index is 0.0711. The average molecular weight is 486 g/mol. The number of nitrogens with zero attached hydrogens (tertiary/aromatic N) is 3. The number of aromatic nitrogens is 3. The molecule has 2 N–H and O–H groups in total. The lowest BCUT2D eigenvalue weighted by Crippen LogP contribution is -2.29. The van der Waals surface area contributed by atoms with Crippen molar-refractivity contribution in [2.45, 2.75) is 45.4 Å². The number of hydrogen-bond donors (Lipinski definition) is 2. The largest absolute Gasteiger partial charge is 0.372 e. The number of carbonyl (C=O) groups is 1. The third-order valence-corrected chi connectivity index (χ3v) is 7.16. The van der Waals surface area contributed by atoms with Crippen LogP contribution in [0.25, 0.3) is 22.6 Å². The van der Waals surface area contributed by atoms with Gasteiger partial charge in [0.05, 0.1) is 5.69 Å². The highest BCUT2D eigenvalue weighted by molar-refractivity contribution is 7.13. The van der Waals surface area contributed by atoms with Crippen molar-refractivity contribution in [3.8, 4) is 22.6 Å². The van der Waals surface area contributed by atoms with Crippen molar-refractivity contribution in [1.82, 2.24) is 15.0 Å². The number of rotatable bonds is 5. The number of nitrogens with one attached hydrogen (secondary N) is 2. The van der Waals surface area contributed by atoms with E-state index in [0.29, 0.717) is 22.3 Å². The highest BCUT2D eigenvalue weighted by Crippen LogP contribution is 2.31. The van der Waals surface area contributed by atoms with E-state index < -0.39 is 0 Å². The zero-order valence-corrected chi connectivity index (χ0v) is 21.3. The maximum absolute atomic E-state index is 13.2. The van der Waals surface area contributed by atoms with Gasteiger partial charge in [-0.05, 0) is 42.4 Å². The molecule has 0 spiro atoms. The first kappa shape index (κ1) is 23.3. The van der Waals surface area contributed by atoms with Crippen molar-refractivity contribution < 1.29 is 4.79 Å². The third kappa shape index (κ3) is 5.15. The van der Waals surface area contributed by atoms with Crippen LogP contribution in [0.2, 0.25) is 0 Å². The summed E-state index contributed by atoms with van der Waals surface area (Å²) in [6.07, 6.45) is 5.45. The van der Waals surface area contributed by atoms with Crippen LogP contribution in [0.4, 0.5) is 10.8 Å². The first-order chi connectivity index (χ1) is 16.9. The van der Waals surface area contributed by atoms with Crippen molar-refractivity contribution in [2.75, 3.05) is 23.3 Å². The lowest BCUT2D eigenvalue weighted by Gasteiger charge is -2.28. The molecule has 0 unspecified atom stereocenters. The van der Waals surface area contributed by atoms with E-state index in [1.165, 1.54) is 41.9 Å². The van der Waals surface area contributed by atoms with Gasteiger partial charge in [-0.3, -0.25) is 10.1 Å². The number of thiazole rings is 1. The SMILES string of the molecule is CC(C)(C)c1ccc(-c2nc(C(=O)Nc3nccs3)c(-c3ccc(N4CCCCC4)cc3)[nH]2)cc1. The van der Waals surface area contributed by atoms with Gasteiger partial charge in [0.15, 0.2) is 10.8 Å². The number of hydrogen-bond acceptors (Lipinski definition) is 5. The van der Waals surface area contributed by atoms with E-state index in [4.69, 9.17) is 4.98 Å². The van der Waals surface area contributed by atoms with Gasteiger partial charge in [-0.25, -0.2) is 9.97 Å². The number of H-pyrrole nitrogens is 1. The molecule has 0 bridgehead atoms. The van der Waals surface area contributed by atoms with E-state index in [1.807, 2.05) is 5.38 Å². The van der Waals surface area contributed by atoms with Crippen LogP contribution in [0, 0.1) is 0 Å². The molecule has 5 rings (SSSR count). The van der Waals surface area contributed by atoms with E-state index in [0.717, 1.165) is 24.2 Å². The predicted octanol–water partition coefficient (Wildman–Crippen LogP) is 6.74. The minimum atomic E-state index is -0.274. The molecule has 1 saturated heterocycles. The van der Waals surface area contributed by atoms with Gasteiger partial charge in [0.1, 0.15) is 5.82 Å². The van der Waals surface area contributed by atoms with Crippen LogP contribution >= 0.6 is 11.3 Å². The van der Waals surface area contributed by atoms with Crippen LogP contribution < -0.4 is 10.2 Å². The molecule has 0 radical (unpaired) electrons. The molecule has 2 aromatic carbocycles. The summed E-state index contributed by atoms with van der Waals surface area (Å²) in [4.78, 5) is 28.0. The van der Waals surface area contributed by atoms with Crippen LogP contribution in [0.15, 0.2) is 60.1 Å². The average Bonchev–Trinajstić information content (AvgIpc) is 3.55. The zero-order valence-electron chi connectivity index (χ0n) is 20.5. The molecule has 1 aliphatic heterocycles. The Kier molecular flexibility index (Phi) is 6.43. The molecule has 1 aliphatic rings. The topological polar surface area (TPSA) is 73.9 Å². The molecule has 35 heavy (non-hydrogen) atoms. The fourth-order valence-corrected chi connectivity index (χ4v) is 4.97.